The van der Waals surface area contributed by atoms with E-state index in [1.165, 1.54) is 6.42 Å². The molecule has 2 N–H and O–H groups in total. The maximum absolute atomic E-state index is 12.4. The van der Waals surface area contributed by atoms with Gasteiger partial charge in [0.2, 0.25) is 0 Å². The average Bonchev–Trinajstić information content (AvgIpc) is 2.75. The third kappa shape index (κ3) is 1.84. The third-order valence-electron chi connectivity index (χ3n) is 8.28. The summed E-state index contributed by atoms with van der Waals surface area (Å²) in [6.07, 6.45) is 7.08. The molecule has 0 aliphatic heterocycles. The Kier molecular flexibility index (Phi) is 3.30. The molecule has 3 heteroatoms. The Labute approximate surface area is 133 Å². The molecule has 3 nitrogen and oxygen atoms in total. The molecule has 0 aromatic carbocycles. The lowest BCUT2D eigenvalue weighted by Gasteiger charge is -2.61. The number of carbonyl (C=O) groups excluding carboxylic acids is 1. The molecular formula is C19H30O3. The SMILES string of the molecule is C[C@]12CCC(O)CC1CCC1C2[C@@H](O)C[C@]2(C)C(=O)CCC12. The van der Waals surface area contributed by atoms with Crippen LogP contribution in [0.1, 0.15) is 65.2 Å². The first-order chi connectivity index (χ1) is 10.4. The lowest BCUT2D eigenvalue weighted by atomic mass is 9.44. The van der Waals surface area contributed by atoms with E-state index in [-0.39, 0.29) is 23.0 Å². The van der Waals surface area contributed by atoms with Gasteiger partial charge >= 0.3 is 0 Å². The molecule has 0 bridgehead atoms. The predicted octanol–water partition coefficient (Wildman–Crippen LogP) is 2.93. The molecule has 22 heavy (non-hydrogen) atoms. The normalized spacial score (nSPS) is 57.9. The van der Waals surface area contributed by atoms with Crippen molar-refractivity contribution in [2.24, 2.45) is 34.5 Å². The molecule has 4 aliphatic carbocycles. The summed E-state index contributed by atoms with van der Waals surface area (Å²) in [4.78, 5) is 12.4. The number of fused-ring (bicyclic) bond motifs is 5. The molecule has 0 aromatic rings. The summed E-state index contributed by atoms with van der Waals surface area (Å²) in [7, 11) is 0. The van der Waals surface area contributed by atoms with Crippen molar-refractivity contribution in [3.63, 3.8) is 0 Å². The summed E-state index contributed by atoms with van der Waals surface area (Å²) in [5.41, 5.74) is -0.105. The van der Waals surface area contributed by atoms with E-state index in [2.05, 4.69) is 13.8 Å². The molecule has 4 aliphatic rings. The van der Waals surface area contributed by atoms with Crippen molar-refractivity contribution in [3.05, 3.63) is 0 Å². The van der Waals surface area contributed by atoms with Crippen LogP contribution in [0, 0.1) is 34.5 Å². The van der Waals surface area contributed by atoms with Crippen LogP contribution in [0.5, 0.6) is 0 Å². The Morgan fingerprint density at radius 1 is 1.09 bits per heavy atom. The zero-order valence-corrected chi connectivity index (χ0v) is 13.9. The lowest BCUT2D eigenvalue weighted by molar-refractivity contribution is -0.175. The highest BCUT2D eigenvalue weighted by Crippen LogP contribution is 2.65. The van der Waals surface area contributed by atoms with Gasteiger partial charge in [0.1, 0.15) is 5.78 Å². The van der Waals surface area contributed by atoms with E-state index in [4.69, 9.17) is 0 Å². The number of rotatable bonds is 0. The van der Waals surface area contributed by atoms with Crippen LogP contribution in [0.25, 0.3) is 0 Å². The van der Waals surface area contributed by atoms with Crippen molar-refractivity contribution in [2.75, 3.05) is 0 Å². The lowest BCUT2D eigenvalue weighted by Crippen LogP contribution is -2.59. The van der Waals surface area contributed by atoms with Crippen LogP contribution in [0.3, 0.4) is 0 Å². The van der Waals surface area contributed by atoms with Crippen LogP contribution in [0.2, 0.25) is 0 Å². The molecule has 4 saturated carbocycles. The quantitative estimate of drug-likeness (QED) is 0.723. The van der Waals surface area contributed by atoms with Crippen molar-refractivity contribution in [1.29, 1.82) is 0 Å². The van der Waals surface area contributed by atoms with E-state index < -0.39 is 0 Å². The number of hydrogen-bond donors (Lipinski definition) is 2. The first-order valence-electron chi connectivity index (χ1n) is 9.25. The van der Waals surface area contributed by atoms with Gasteiger partial charge < -0.3 is 10.2 Å². The Hall–Kier alpha value is -0.410. The topological polar surface area (TPSA) is 57.5 Å². The Morgan fingerprint density at radius 2 is 1.86 bits per heavy atom. The molecule has 8 atom stereocenters. The fourth-order valence-electron chi connectivity index (χ4n) is 7.13. The first kappa shape index (κ1) is 15.1. The monoisotopic (exact) mass is 306 g/mol. The van der Waals surface area contributed by atoms with Gasteiger partial charge in [-0.15, -0.1) is 0 Å². The van der Waals surface area contributed by atoms with Gasteiger partial charge in [0.25, 0.3) is 0 Å². The highest BCUT2D eigenvalue weighted by atomic mass is 16.3. The fraction of sp³-hybridized carbons (Fsp3) is 0.947. The number of hydrogen-bond acceptors (Lipinski definition) is 3. The molecule has 124 valence electrons. The van der Waals surface area contributed by atoms with Gasteiger partial charge in [0.05, 0.1) is 12.2 Å². The minimum absolute atomic E-state index is 0.145. The summed E-state index contributed by atoms with van der Waals surface area (Å²) in [6, 6.07) is 0. The zero-order valence-electron chi connectivity index (χ0n) is 13.9. The summed E-state index contributed by atoms with van der Waals surface area (Å²) in [5.74, 6) is 2.27. The molecule has 4 fully saturated rings. The Bertz CT molecular complexity index is 489. The molecule has 0 aromatic heterocycles. The largest absolute Gasteiger partial charge is 0.393 e. The summed E-state index contributed by atoms with van der Waals surface area (Å²) in [5, 5.41) is 21.0. The predicted molar refractivity (Wildman–Crippen MR) is 84.1 cm³/mol. The van der Waals surface area contributed by atoms with Crippen LogP contribution in [0.15, 0.2) is 0 Å². The van der Waals surface area contributed by atoms with Gasteiger partial charge in [0.15, 0.2) is 0 Å². The van der Waals surface area contributed by atoms with Gasteiger partial charge in [-0.3, -0.25) is 4.79 Å². The van der Waals surface area contributed by atoms with E-state index in [1.807, 2.05) is 0 Å². The molecule has 5 unspecified atom stereocenters. The van der Waals surface area contributed by atoms with E-state index in [1.54, 1.807) is 0 Å². The van der Waals surface area contributed by atoms with Gasteiger partial charge in [0, 0.05) is 11.8 Å². The molecule has 0 amide bonds. The number of ketones is 1. The van der Waals surface area contributed by atoms with Crippen LogP contribution < -0.4 is 0 Å². The van der Waals surface area contributed by atoms with Crippen LogP contribution >= 0.6 is 0 Å². The molecular weight excluding hydrogens is 276 g/mol. The molecule has 0 spiro atoms. The van der Waals surface area contributed by atoms with Crippen molar-refractivity contribution < 1.29 is 15.0 Å². The van der Waals surface area contributed by atoms with Crippen molar-refractivity contribution in [1.82, 2.24) is 0 Å². The molecule has 0 heterocycles. The highest BCUT2D eigenvalue weighted by molar-refractivity contribution is 5.87. The second-order valence-corrected chi connectivity index (χ2v) is 9.16. The number of aliphatic hydroxyl groups is 2. The zero-order chi connectivity index (χ0) is 15.7. The van der Waals surface area contributed by atoms with Gasteiger partial charge in [-0.25, -0.2) is 0 Å². The third-order valence-corrected chi connectivity index (χ3v) is 8.28. The van der Waals surface area contributed by atoms with E-state index in [0.717, 1.165) is 38.5 Å². The summed E-state index contributed by atoms with van der Waals surface area (Å²) >= 11 is 0. The standard InChI is InChI=1S/C19H30O3/c1-18-8-7-12(20)9-11(18)3-4-13-14-5-6-16(22)19(14,2)10-15(21)17(13)18/h11-15,17,20-21H,3-10H2,1-2H3/t11?,12?,13?,14?,15-,17?,18-,19-/m0/s1. The minimum atomic E-state index is -0.337. The molecule has 0 saturated heterocycles. The van der Waals surface area contributed by atoms with Crippen molar-refractivity contribution in [2.45, 2.75) is 77.4 Å². The fourth-order valence-corrected chi connectivity index (χ4v) is 7.13. The summed E-state index contributed by atoms with van der Waals surface area (Å²) < 4.78 is 0. The second-order valence-electron chi connectivity index (χ2n) is 9.16. The summed E-state index contributed by atoms with van der Waals surface area (Å²) in [6.45, 7) is 4.48. The minimum Gasteiger partial charge on any atom is -0.393 e. The van der Waals surface area contributed by atoms with Gasteiger partial charge in [-0.05, 0) is 74.0 Å². The Morgan fingerprint density at radius 3 is 2.64 bits per heavy atom. The maximum Gasteiger partial charge on any atom is 0.139 e. The van der Waals surface area contributed by atoms with Crippen LogP contribution in [0.4, 0.5) is 0 Å². The van der Waals surface area contributed by atoms with Crippen LogP contribution in [-0.2, 0) is 4.79 Å². The van der Waals surface area contributed by atoms with E-state index in [9.17, 15) is 15.0 Å². The number of aliphatic hydroxyl groups excluding tert-OH is 2. The van der Waals surface area contributed by atoms with Crippen LogP contribution in [-0.4, -0.2) is 28.2 Å². The van der Waals surface area contributed by atoms with E-state index >= 15 is 0 Å². The number of Topliss-reactive ketones (excluding diaryl/α,β-unsaturated/α-hetero) is 1. The second kappa shape index (κ2) is 4.80. The van der Waals surface area contributed by atoms with Crippen molar-refractivity contribution in [3.8, 4) is 0 Å². The molecule has 0 radical (unpaired) electrons. The molecule has 4 rings (SSSR count). The smallest absolute Gasteiger partial charge is 0.139 e. The average molecular weight is 306 g/mol. The highest BCUT2D eigenvalue weighted by Gasteiger charge is 2.63. The first-order valence-corrected chi connectivity index (χ1v) is 9.25. The maximum atomic E-state index is 12.4. The van der Waals surface area contributed by atoms with E-state index in [0.29, 0.717) is 35.9 Å². The van der Waals surface area contributed by atoms with Gasteiger partial charge in [-0.1, -0.05) is 13.8 Å². The van der Waals surface area contributed by atoms with Gasteiger partial charge in [-0.2, -0.15) is 0 Å². The Balaban J connectivity index is 1.69. The number of carbonyl (C=O) groups is 1. The van der Waals surface area contributed by atoms with Crippen molar-refractivity contribution >= 4 is 5.78 Å².